The monoisotopic (exact) mass is 484 g/mol. The molecule has 2 heterocycles. The highest BCUT2D eigenvalue weighted by Gasteiger charge is 2.14. The van der Waals surface area contributed by atoms with Crippen LogP contribution in [0.25, 0.3) is 10.6 Å². The van der Waals surface area contributed by atoms with E-state index in [-0.39, 0.29) is 12.3 Å². The number of rotatable bonds is 6. The van der Waals surface area contributed by atoms with Crippen LogP contribution in [0.3, 0.4) is 0 Å². The van der Waals surface area contributed by atoms with Gasteiger partial charge in [0.15, 0.2) is 0 Å². The zero-order chi connectivity index (χ0) is 20.9. The number of thiazole rings is 1. The second kappa shape index (κ2) is 9.83. The Labute approximate surface area is 189 Å². The third-order valence-corrected chi connectivity index (χ3v) is 6.88. The molecule has 1 N–H and O–H groups in total. The van der Waals surface area contributed by atoms with Crippen molar-refractivity contribution in [1.82, 2.24) is 14.8 Å². The van der Waals surface area contributed by atoms with Crippen LogP contribution in [0, 0.1) is 0 Å². The minimum absolute atomic E-state index is 0.0683. The molecule has 1 aromatic heterocycles. The van der Waals surface area contributed by atoms with Gasteiger partial charge < -0.3 is 10.2 Å². The summed E-state index contributed by atoms with van der Waals surface area (Å²) in [5.74, 6) is -0.0683. The number of carbonyl (C=O) groups excluding carboxylic acids is 1. The van der Waals surface area contributed by atoms with E-state index in [1.165, 1.54) is 5.56 Å². The van der Waals surface area contributed by atoms with Crippen molar-refractivity contribution in [3.05, 3.63) is 69.6 Å². The van der Waals surface area contributed by atoms with Gasteiger partial charge in [-0.05, 0) is 40.7 Å². The molecule has 0 saturated carbocycles. The zero-order valence-corrected chi connectivity index (χ0v) is 19.4. The van der Waals surface area contributed by atoms with Gasteiger partial charge >= 0.3 is 0 Å². The van der Waals surface area contributed by atoms with Crippen molar-refractivity contribution in [3.8, 4) is 10.6 Å². The van der Waals surface area contributed by atoms with Crippen molar-refractivity contribution in [3.63, 3.8) is 0 Å². The molecule has 1 fully saturated rings. The molecule has 7 heteroatoms. The van der Waals surface area contributed by atoms with E-state index in [0.29, 0.717) is 0 Å². The van der Waals surface area contributed by atoms with Gasteiger partial charge in [0.1, 0.15) is 5.01 Å². The average Bonchev–Trinajstić information content (AvgIpc) is 3.20. The van der Waals surface area contributed by atoms with Crippen LogP contribution in [0.5, 0.6) is 0 Å². The molecule has 5 nitrogen and oxygen atoms in total. The van der Waals surface area contributed by atoms with Crippen molar-refractivity contribution in [1.29, 1.82) is 0 Å². The Kier molecular flexibility index (Phi) is 6.94. The first-order valence-electron chi connectivity index (χ1n) is 10.1. The summed E-state index contributed by atoms with van der Waals surface area (Å²) < 4.78 is 0.869. The summed E-state index contributed by atoms with van der Waals surface area (Å²) in [6.07, 6.45) is 0.263. The lowest BCUT2D eigenvalue weighted by Gasteiger charge is -2.32. The number of halogens is 1. The highest BCUT2D eigenvalue weighted by Crippen LogP contribution is 2.25. The Hall–Kier alpha value is -2.06. The Morgan fingerprint density at radius 3 is 2.57 bits per heavy atom. The standard InChI is InChI=1S/C23H25BrN4OS/c1-27-10-12-28(13-11-27)15-17-6-8-18(9-7-17)23-25-19(16-30-23)14-22(29)26-21-5-3-2-4-20(21)24/h2-9,16H,10-15H2,1H3,(H,26,29). The minimum Gasteiger partial charge on any atom is -0.325 e. The summed E-state index contributed by atoms with van der Waals surface area (Å²) in [5, 5.41) is 5.84. The second-order valence-corrected chi connectivity index (χ2v) is 9.34. The van der Waals surface area contributed by atoms with Gasteiger partial charge in [-0.2, -0.15) is 0 Å². The largest absolute Gasteiger partial charge is 0.325 e. The van der Waals surface area contributed by atoms with Crippen LogP contribution in [-0.4, -0.2) is 53.9 Å². The number of benzene rings is 2. The highest BCUT2D eigenvalue weighted by atomic mass is 79.9. The number of likely N-dealkylation sites (N-methyl/N-ethyl adjacent to an activating group) is 1. The lowest BCUT2D eigenvalue weighted by atomic mass is 10.1. The van der Waals surface area contributed by atoms with Gasteiger partial charge in [-0.1, -0.05) is 36.4 Å². The number of piperazine rings is 1. The molecule has 4 rings (SSSR count). The summed E-state index contributed by atoms with van der Waals surface area (Å²) >= 11 is 5.03. The number of hydrogen-bond acceptors (Lipinski definition) is 5. The van der Waals surface area contributed by atoms with Crippen molar-refractivity contribution in [2.75, 3.05) is 38.5 Å². The fourth-order valence-corrected chi connectivity index (χ4v) is 4.67. The van der Waals surface area contributed by atoms with Crippen molar-refractivity contribution in [2.24, 2.45) is 0 Å². The summed E-state index contributed by atoms with van der Waals surface area (Å²) in [4.78, 5) is 21.9. The van der Waals surface area contributed by atoms with Crippen LogP contribution in [0.1, 0.15) is 11.3 Å². The van der Waals surface area contributed by atoms with Gasteiger partial charge in [0.05, 0.1) is 17.8 Å². The number of aromatic nitrogens is 1. The van der Waals surface area contributed by atoms with Crippen LogP contribution in [-0.2, 0) is 17.8 Å². The first-order chi connectivity index (χ1) is 14.6. The van der Waals surface area contributed by atoms with Crippen molar-refractivity contribution >= 4 is 38.9 Å². The molecule has 1 saturated heterocycles. The third-order valence-electron chi connectivity index (χ3n) is 5.24. The second-order valence-electron chi connectivity index (χ2n) is 7.63. The molecular weight excluding hydrogens is 460 g/mol. The number of anilines is 1. The maximum atomic E-state index is 12.4. The Morgan fingerprint density at radius 1 is 1.10 bits per heavy atom. The quantitative estimate of drug-likeness (QED) is 0.559. The molecule has 1 aliphatic rings. The van der Waals surface area contributed by atoms with Crippen molar-refractivity contribution in [2.45, 2.75) is 13.0 Å². The van der Waals surface area contributed by atoms with E-state index in [2.05, 4.69) is 67.3 Å². The summed E-state index contributed by atoms with van der Waals surface area (Å²) in [6.45, 7) is 5.50. The minimum atomic E-state index is -0.0683. The van der Waals surface area contributed by atoms with Crippen LogP contribution in [0.4, 0.5) is 5.69 Å². The Balaban J connectivity index is 1.34. The predicted octanol–water partition coefficient (Wildman–Crippen LogP) is 4.50. The van der Waals surface area contributed by atoms with Crippen LogP contribution >= 0.6 is 27.3 Å². The van der Waals surface area contributed by atoms with Crippen LogP contribution in [0.15, 0.2) is 58.4 Å². The topological polar surface area (TPSA) is 48.5 Å². The molecular formula is C23H25BrN4OS. The van der Waals surface area contributed by atoms with E-state index in [1.54, 1.807) is 11.3 Å². The molecule has 0 aliphatic carbocycles. The Morgan fingerprint density at radius 2 is 1.83 bits per heavy atom. The third kappa shape index (κ3) is 5.55. The molecule has 156 valence electrons. The normalized spacial score (nSPS) is 15.3. The molecule has 0 bridgehead atoms. The number of hydrogen-bond donors (Lipinski definition) is 1. The maximum Gasteiger partial charge on any atom is 0.230 e. The molecule has 3 aromatic rings. The van der Waals surface area contributed by atoms with E-state index >= 15 is 0 Å². The average molecular weight is 485 g/mol. The van der Waals surface area contributed by atoms with Gasteiger partial charge in [-0.15, -0.1) is 11.3 Å². The van der Waals surface area contributed by atoms with E-state index in [0.717, 1.165) is 59.1 Å². The molecule has 0 atom stereocenters. The molecule has 0 unspecified atom stereocenters. The van der Waals surface area contributed by atoms with Crippen molar-refractivity contribution < 1.29 is 4.79 Å². The van der Waals surface area contributed by atoms with Gasteiger partial charge in [-0.3, -0.25) is 9.69 Å². The first-order valence-corrected chi connectivity index (χ1v) is 11.7. The SMILES string of the molecule is CN1CCN(Cc2ccc(-c3nc(CC(=O)Nc4ccccc4Br)cs3)cc2)CC1. The van der Waals surface area contributed by atoms with Crippen LogP contribution in [0.2, 0.25) is 0 Å². The number of amides is 1. The zero-order valence-electron chi connectivity index (χ0n) is 17.0. The molecule has 1 amide bonds. The Bertz CT molecular complexity index is 996. The molecule has 1 aliphatic heterocycles. The molecule has 2 aromatic carbocycles. The van der Waals surface area contributed by atoms with Gasteiger partial charge in [0, 0.05) is 48.1 Å². The van der Waals surface area contributed by atoms with E-state index < -0.39 is 0 Å². The first kappa shape index (κ1) is 21.2. The smallest absolute Gasteiger partial charge is 0.230 e. The lowest BCUT2D eigenvalue weighted by Crippen LogP contribution is -2.43. The van der Waals surface area contributed by atoms with Gasteiger partial charge in [0.25, 0.3) is 0 Å². The number of para-hydroxylation sites is 1. The van der Waals surface area contributed by atoms with E-state index in [4.69, 9.17) is 0 Å². The maximum absolute atomic E-state index is 12.4. The van der Waals surface area contributed by atoms with E-state index in [1.807, 2.05) is 29.6 Å². The molecule has 0 radical (unpaired) electrons. The summed E-state index contributed by atoms with van der Waals surface area (Å²) in [6, 6.07) is 16.2. The fourth-order valence-electron chi connectivity index (χ4n) is 3.46. The molecule has 30 heavy (non-hydrogen) atoms. The number of nitrogens with zero attached hydrogens (tertiary/aromatic N) is 3. The molecule has 0 spiro atoms. The number of nitrogens with one attached hydrogen (secondary N) is 1. The van der Waals surface area contributed by atoms with Crippen LogP contribution < -0.4 is 5.32 Å². The fraction of sp³-hybridized carbons (Fsp3) is 0.304. The van der Waals surface area contributed by atoms with Gasteiger partial charge in [0.2, 0.25) is 5.91 Å². The predicted molar refractivity (Wildman–Crippen MR) is 127 cm³/mol. The summed E-state index contributed by atoms with van der Waals surface area (Å²) in [7, 11) is 2.18. The van der Waals surface area contributed by atoms with E-state index in [9.17, 15) is 4.79 Å². The lowest BCUT2D eigenvalue weighted by molar-refractivity contribution is -0.115. The summed E-state index contributed by atoms with van der Waals surface area (Å²) in [5.41, 5.74) is 3.99. The number of carbonyl (C=O) groups is 1. The van der Waals surface area contributed by atoms with Gasteiger partial charge in [-0.25, -0.2) is 4.98 Å². The highest BCUT2D eigenvalue weighted by molar-refractivity contribution is 9.10.